The maximum absolute atomic E-state index is 6.53. The Kier molecular flexibility index (Phi) is 3.14. The summed E-state index contributed by atoms with van der Waals surface area (Å²) in [5, 5.41) is 0. The second-order valence-corrected chi connectivity index (χ2v) is 5.85. The van der Waals surface area contributed by atoms with E-state index in [4.69, 9.17) is 5.73 Å². The number of hydrogen-bond donors (Lipinski definition) is 1. The fraction of sp³-hybridized carbons (Fsp3) is 0.600. The first-order valence-corrected chi connectivity index (χ1v) is 6.93. The summed E-state index contributed by atoms with van der Waals surface area (Å²) in [6.07, 6.45) is 0. The molecule has 1 aromatic carbocycles. The molecule has 0 spiro atoms. The molecule has 98 valence electrons. The monoisotopic (exact) mass is 245 g/mol. The first-order valence-electron chi connectivity index (χ1n) is 6.93. The number of fused-ring (bicyclic) bond motifs is 3. The van der Waals surface area contributed by atoms with Crippen molar-refractivity contribution in [3.63, 3.8) is 0 Å². The molecule has 3 heteroatoms. The van der Waals surface area contributed by atoms with E-state index in [-0.39, 0.29) is 6.04 Å². The summed E-state index contributed by atoms with van der Waals surface area (Å²) >= 11 is 0. The number of nitrogens with two attached hydrogens (primary N) is 1. The lowest BCUT2D eigenvalue weighted by molar-refractivity contribution is 0.00213. The molecule has 18 heavy (non-hydrogen) atoms. The number of piperazine rings is 3. The summed E-state index contributed by atoms with van der Waals surface area (Å²) in [6, 6.07) is 7.35. The second kappa shape index (κ2) is 4.65. The molecule has 0 amide bonds. The lowest BCUT2D eigenvalue weighted by Gasteiger charge is -2.49. The van der Waals surface area contributed by atoms with E-state index in [9.17, 15) is 0 Å². The van der Waals surface area contributed by atoms with Gasteiger partial charge in [0.25, 0.3) is 0 Å². The minimum Gasteiger partial charge on any atom is -0.323 e. The summed E-state index contributed by atoms with van der Waals surface area (Å²) in [6.45, 7) is 10.2. The van der Waals surface area contributed by atoms with Crippen molar-refractivity contribution in [2.75, 3.05) is 32.7 Å². The summed E-state index contributed by atoms with van der Waals surface area (Å²) in [4.78, 5) is 5.12. The molecule has 3 aliphatic heterocycles. The van der Waals surface area contributed by atoms with Gasteiger partial charge in [-0.15, -0.1) is 0 Å². The van der Waals surface area contributed by atoms with Gasteiger partial charge in [0, 0.05) is 44.8 Å². The van der Waals surface area contributed by atoms with E-state index in [0.29, 0.717) is 6.04 Å². The van der Waals surface area contributed by atoms with Crippen molar-refractivity contribution in [2.45, 2.75) is 25.9 Å². The standard InChI is InChI=1S/C15H23N3/c1-11-7-12(2)9-13(8-11)15(16)14-10-17-3-5-18(14)6-4-17/h7-9,14-15H,3-6,10,16H2,1-2H3. The Hall–Kier alpha value is -0.900. The van der Waals surface area contributed by atoms with Crippen molar-refractivity contribution < 1.29 is 0 Å². The van der Waals surface area contributed by atoms with E-state index in [1.54, 1.807) is 0 Å². The molecule has 1 aromatic rings. The zero-order valence-electron chi connectivity index (χ0n) is 11.4. The molecule has 3 aliphatic rings. The van der Waals surface area contributed by atoms with Gasteiger partial charge in [-0.25, -0.2) is 0 Å². The van der Waals surface area contributed by atoms with E-state index < -0.39 is 0 Å². The maximum Gasteiger partial charge on any atom is 0.0465 e. The fourth-order valence-corrected chi connectivity index (χ4v) is 3.42. The van der Waals surface area contributed by atoms with Crippen LogP contribution in [0.25, 0.3) is 0 Å². The summed E-state index contributed by atoms with van der Waals surface area (Å²) in [5.41, 5.74) is 10.5. The number of nitrogens with zero attached hydrogens (tertiary/aromatic N) is 2. The lowest BCUT2D eigenvalue weighted by Crippen LogP contribution is -2.63. The molecule has 2 atom stereocenters. The van der Waals surface area contributed by atoms with Crippen LogP contribution in [0.5, 0.6) is 0 Å². The smallest absolute Gasteiger partial charge is 0.0465 e. The van der Waals surface area contributed by atoms with Gasteiger partial charge in [0.1, 0.15) is 0 Å². The first-order chi connectivity index (χ1) is 8.63. The first kappa shape index (κ1) is 12.2. The Labute approximate surface area is 110 Å². The third-order valence-corrected chi connectivity index (χ3v) is 4.36. The van der Waals surface area contributed by atoms with E-state index >= 15 is 0 Å². The van der Waals surface area contributed by atoms with Crippen LogP contribution < -0.4 is 5.73 Å². The summed E-state index contributed by atoms with van der Waals surface area (Å²) in [5.74, 6) is 0. The number of aryl methyl sites for hydroxylation is 2. The van der Waals surface area contributed by atoms with Crippen molar-refractivity contribution in [3.8, 4) is 0 Å². The van der Waals surface area contributed by atoms with Gasteiger partial charge < -0.3 is 5.73 Å². The normalized spacial score (nSPS) is 32.5. The van der Waals surface area contributed by atoms with Gasteiger partial charge in [0.05, 0.1) is 0 Å². The van der Waals surface area contributed by atoms with Crippen molar-refractivity contribution in [2.24, 2.45) is 5.73 Å². The quantitative estimate of drug-likeness (QED) is 0.852. The molecule has 0 radical (unpaired) electrons. The highest BCUT2D eigenvalue weighted by Gasteiger charge is 2.35. The molecule has 3 nitrogen and oxygen atoms in total. The highest BCUT2D eigenvalue weighted by Crippen LogP contribution is 2.26. The summed E-state index contributed by atoms with van der Waals surface area (Å²) in [7, 11) is 0. The van der Waals surface area contributed by atoms with E-state index in [0.717, 1.165) is 6.54 Å². The highest BCUT2D eigenvalue weighted by molar-refractivity contribution is 5.31. The van der Waals surface area contributed by atoms with Crippen LogP contribution in [0.2, 0.25) is 0 Å². The SMILES string of the molecule is Cc1cc(C)cc(C(N)C2CN3CCN2CC3)c1. The molecule has 3 heterocycles. The molecule has 0 saturated carbocycles. The lowest BCUT2D eigenvalue weighted by atomic mass is 9.93. The molecular formula is C15H23N3. The zero-order chi connectivity index (χ0) is 12.7. The summed E-state index contributed by atoms with van der Waals surface area (Å²) < 4.78 is 0. The Bertz CT molecular complexity index is 415. The third-order valence-electron chi connectivity index (χ3n) is 4.36. The van der Waals surface area contributed by atoms with Crippen molar-refractivity contribution in [1.82, 2.24) is 9.80 Å². The zero-order valence-corrected chi connectivity index (χ0v) is 11.4. The average molecular weight is 245 g/mol. The molecular weight excluding hydrogens is 222 g/mol. The number of benzene rings is 1. The predicted molar refractivity (Wildman–Crippen MR) is 74.6 cm³/mol. The van der Waals surface area contributed by atoms with Gasteiger partial charge in [0.2, 0.25) is 0 Å². The largest absolute Gasteiger partial charge is 0.323 e. The average Bonchev–Trinajstić information content (AvgIpc) is 2.38. The maximum atomic E-state index is 6.53. The Balaban J connectivity index is 1.83. The van der Waals surface area contributed by atoms with E-state index in [2.05, 4.69) is 41.8 Å². The topological polar surface area (TPSA) is 32.5 Å². The van der Waals surface area contributed by atoms with Crippen molar-refractivity contribution in [3.05, 3.63) is 34.9 Å². The fourth-order valence-electron chi connectivity index (χ4n) is 3.42. The molecule has 2 bridgehead atoms. The van der Waals surface area contributed by atoms with Gasteiger partial charge in [-0.1, -0.05) is 29.3 Å². The molecule has 3 fully saturated rings. The molecule has 4 rings (SSSR count). The van der Waals surface area contributed by atoms with Gasteiger partial charge in [0.15, 0.2) is 0 Å². The van der Waals surface area contributed by atoms with Crippen LogP contribution in [-0.2, 0) is 0 Å². The van der Waals surface area contributed by atoms with Gasteiger partial charge >= 0.3 is 0 Å². The van der Waals surface area contributed by atoms with Crippen molar-refractivity contribution >= 4 is 0 Å². The van der Waals surface area contributed by atoms with Crippen molar-refractivity contribution in [1.29, 1.82) is 0 Å². The number of rotatable bonds is 2. The Morgan fingerprint density at radius 3 is 2.17 bits per heavy atom. The van der Waals surface area contributed by atoms with Gasteiger partial charge in [-0.2, -0.15) is 0 Å². The molecule has 3 saturated heterocycles. The van der Waals surface area contributed by atoms with Gasteiger partial charge in [-0.05, 0) is 19.4 Å². The van der Waals surface area contributed by atoms with Crippen LogP contribution in [0.15, 0.2) is 18.2 Å². The highest BCUT2D eigenvalue weighted by atomic mass is 15.3. The Morgan fingerprint density at radius 1 is 1.06 bits per heavy atom. The number of hydrogen-bond acceptors (Lipinski definition) is 3. The van der Waals surface area contributed by atoms with Gasteiger partial charge in [-0.3, -0.25) is 9.80 Å². The van der Waals surface area contributed by atoms with Crippen LogP contribution in [0.3, 0.4) is 0 Å². The minimum absolute atomic E-state index is 0.145. The van der Waals surface area contributed by atoms with Crippen LogP contribution in [0.4, 0.5) is 0 Å². The molecule has 2 N–H and O–H groups in total. The van der Waals surface area contributed by atoms with E-state index in [1.165, 1.54) is 42.9 Å². The second-order valence-electron chi connectivity index (χ2n) is 5.85. The van der Waals surface area contributed by atoms with E-state index in [1.807, 2.05) is 0 Å². The van der Waals surface area contributed by atoms with Crippen LogP contribution >= 0.6 is 0 Å². The molecule has 0 aromatic heterocycles. The minimum atomic E-state index is 0.145. The molecule has 0 aliphatic carbocycles. The predicted octanol–water partition coefficient (Wildman–Crippen LogP) is 1.30. The molecule has 2 unspecified atom stereocenters. The van der Waals surface area contributed by atoms with Crippen LogP contribution in [0.1, 0.15) is 22.7 Å². The van der Waals surface area contributed by atoms with Crippen LogP contribution in [-0.4, -0.2) is 48.6 Å². The third kappa shape index (κ3) is 2.18. The Morgan fingerprint density at radius 2 is 1.67 bits per heavy atom. The van der Waals surface area contributed by atoms with Crippen LogP contribution in [0, 0.1) is 13.8 Å².